The molecule has 3 rings (SSSR count). The number of hydrogen-bond acceptors (Lipinski definition) is 2. The van der Waals surface area contributed by atoms with Gasteiger partial charge in [-0.2, -0.15) is 0 Å². The highest BCUT2D eigenvalue weighted by Gasteiger charge is 2.33. The summed E-state index contributed by atoms with van der Waals surface area (Å²) in [5, 5.41) is 3.69. The van der Waals surface area contributed by atoms with Crippen molar-refractivity contribution in [1.82, 2.24) is 10.2 Å². The summed E-state index contributed by atoms with van der Waals surface area (Å²) >= 11 is 11.9. The van der Waals surface area contributed by atoms with E-state index >= 15 is 0 Å². The Labute approximate surface area is 143 Å². The Kier molecular flexibility index (Phi) is 4.37. The fourth-order valence-corrected chi connectivity index (χ4v) is 2.55. The molecule has 1 fully saturated rings. The van der Waals surface area contributed by atoms with Crippen molar-refractivity contribution in [3.05, 3.63) is 75.4 Å². The van der Waals surface area contributed by atoms with Crippen molar-refractivity contribution in [3.8, 4) is 0 Å². The Hall–Kier alpha value is -2.30. The molecule has 2 aromatic carbocycles. The van der Waals surface area contributed by atoms with Crippen LogP contribution in [0.5, 0.6) is 0 Å². The molecule has 0 spiro atoms. The lowest BCUT2D eigenvalue weighted by Crippen LogP contribution is -2.30. The molecule has 116 valence electrons. The SMILES string of the molecule is O=C1N/C(=C\c2ccccc2Cl)C(=O)N1Cc1ccc(Cl)cc1. The predicted octanol–water partition coefficient (Wildman–Crippen LogP) is 4.09. The van der Waals surface area contributed by atoms with Gasteiger partial charge in [0.15, 0.2) is 0 Å². The molecular formula is C17H12Cl2N2O2. The highest BCUT2D eigenvalue weighted by atomic mass is 35.5. The van der Waals surface area contributed by atoms with E-state index in [1.807, 2.05) is 6.07 Å². The fraction of sp³-hybridized carbons (Fsp3) is 0.0588. The van der Waals surface area contributed by atoms with Crippen LogP contribution in [0, 0.1) is 0 Å². The maximum Gasteiger partial charge on any atom is 0.329 e. The number of urea groups is 1. The number of carbonyl (C=O) groups is 2. The molecule has 0 aliphatic carbocycles. The zero-order valence-electron chi connectivity index (χ0n) is 11.9. The molecule has 0 saturated carbocycles. The molecule has 6 heteroatoms. The number of carbonyl (C=O) groups excluding carboxylic acids is 2. The second-order valence-electron chi connectivity index (χ2n) is 5.03. The molecule has 1 aliphatic rings. The lowest BCUT2D eigenvalue weighted by Gasteiger charge is -2.11. The topological polar surface area (TPSA) is 49.4 Å². The number of hydrogen-bond donors (Lipinski definition) is 1. The number of imide groups is 1. The van der Waals surface area contributed by atoms with Crippen molar-refractivity contribution in [2.24, 2.45) is 0 Å². The third kappa shape index (κ3) is 3.38. The summed E-state index contributed by atoms with van der Waals surface area (Å²) in [7, 11) is 0. The molecule has 1 N–H and O–H groups in total. The molecule has 0 radical (unpaired) electrons. The van der Waals surface area contributed by atoms with E-state index in [9.17, 15) is 9.59 Å². The number of nitrogens with zero attached hydrogens (tertiary/aromatic N) is 1. The third-order valence-corrected chi connectivity index (χ3v) is 4.02. The molecule has 3 amide bonds. The Bertz CT molecular complexity index is 800. The maximum absolute atomic E-state index is 12.4. The van der Waals surface area contributed by atoms with Crippen LogP contribution in [0.3, 0.4) is 0 Å². The summed E-state index contributed by atoms with van der Waals surface area (Å²) in [6.45, 7) is 0.182. The highest BCUT2D eigenvalue weighted by Crippen LogP contribution is 2.21. The van der Waals surface area contributed by atoms with Crippen molar-refractivity contribution in [2.75, 3.05) is 0 Å². The summed E-state index contributed by atoms with van der Waals surface area (Å²) in [5.41, 5.74) is 1.69. The van der Waals surface area contributed by atoms with Crippen LogP contribution in [0.1, 0.15) is 11.1 Å². The van der Waals surface area contributed by atoms with Gasteiger partial charge >= 0.3 is 6.03 Å². The number of halogens is 2. The van der Waals surface area contributed by atoms with Gasteiger partial charge in [-0.3, -0.25) is 9.69 Å². The lowest BCUT2D eigenvalue weighted by atomic mass is 10.2. The van der Waals surface area contributed by atoms with Crippen molar-refractivity contribution in [1.29, 1.82) is 0 Å². The molecular weight excluding hydrogens is 335 g/mol. The Morgan fingerprint density at radius 1 is 1.00 bits per heavy atom. The molecule has 1 saturated heterocycles. The van der Waals surface area contributed by atoms with Crippen molar-refractivity contribution in [3.63, 3.8) is 0 Å². The van der Waals surface area contributed by atoms with Gasteiger partial charge in [0.05, 0.1) is 6.54 Å². The monoisotopic (exact) mass is 346 g/mol. The van der Waals surface area contributed by atoms with Crippen molar-refractivity contribution < 1.29 is 9.59 Å². The molecule has 0 unspecified atom stereocenters. The average molecular weight is 347 g/mol. The Balaban J connectivity index is 1.82. The van der Waals surface area contributed by atoms with Gasteiger partial charge in [-0.25, -0.2) is 4.79 Å². The van der Waals surface area contributed by atoms with Gasteiger partial charge in [0, 0.05) is 10.0 Å². The van der Waals surface area contributed by atoms with E-state index in [0.717, 1.165) is 10.5 Å². The van der Waals surface area contributed by atoms with Crippen molar-refractivity contribution >= 4 is 41.2 Å². The van der Waals surface area contributed by atoms with E-state index in [-0.39, 0.29) is 18.1 Å². The third-order valence-electron chi connectivity index (χ3n) is 3.42. The van der Waals surface area contributed by atoms with Crippen LogP contribution in [-0.2, 0) is 11.3 Å². The van der Waals surface area contributed by atoms with Gasteiger partial charge in [0.1, 0.15) is 5.70 Å². The molecule has 1 aliphatic heterocycles. The summed E-state index contributed by atoms with van der Waals surface area (Å²) in [4.78, 5) is 25.6. The maximum atomic E-state index is 12.4. The van der Waals surface area contributed by atoms with Crippen LogP contribution < -0.4 is 5.32 Å². The molecule has 2 aromatic rings. The van der Waals surface area contributed by atoms with Crippen LogP contribution in [-0.4, -0.2) is 16.8 Å². The normalized spacial score (nSPS) is 16.1. The van der Waals surface area contributed by atoms with Crippen LogP contribution in [0.4, 0.5) is 4.79 Å². The number of rotatable bonds is 3. The van der Waals surface area contributed by atoms with Crippen LogP contribution in [0.2, 0.25) is 10.0 Å². The molecule has 0 bridgehead atoms. The summed E-state index contributed by atoms with van der Waals surface area (Å²) < 4.78 is 0. The zero-order chi connectivity index (χ0) is 16.4. The van der Waals surface area contributed by atoms with Gasteiger partial charge in [-0.15, -0.1) is 0 Å². The van der Waals surface area contributed by atoms with E-state index in [0.29, 0.717) is 15.6 Å². The fourth-order valence-electron chi connectivity index (χ4n) is 2.24. The Morgan fingerprint density at radius 3 is 2.39 bits per heavy atom. The standard InChI is InChI=1S/C17H12Cl2N2O2/c18-13-7-5-11(6-8-13)10-21-16(22)15(20-17(21)23)9-12-3-1-2-4-14(12)19/h1-9H,10H2,(H,20,23)/b15-9-. The second-order valence-corrected chi connectivity index (χ2v) is 5.87. The first kappa shape index (κ1) is 15.6. The van der Waals surface area contributed by atoms with Crippen LogP contribution in [0.15, 0.2) is 54.2 Å². The van der Waals surface area contributed by atoms with Crippen LogP contribution >= 0.6 is 23.2 Å². The minimum absolute atomic E-state index is 0.182. The summed E-state index contributed by atoms with van der Waals surface area (Å²) in [6.07, 6.45) is 1.57. The van der Waals surface area contributed by atoms with E-state index in [4.69, 9.17) is 23.2 Å². The summed E-state index contributed by atoms with van der Waals surface area (Å²) in [5.74, 6) is -0.384. The predicted molar refractivity (Wildman–Crippen MR) is 90.0 cm³/mol. The highest BCUT2D eigenvalue weighted by molar-refractivity contribution is 6.32. The minimum Gasteiger partial charge on any atom is -0.303 e. The first-order valence-electron chi connectivity index (χ1n) is 6.88. The van der Waals surface area contributed by atoms with Gasteiger partial charge in [0.2, 0.25) is 0 Å². The van der Waals surface area contributed by atoms with Crippen LogP contribution in [0.25, 0.3) is 6.08 Å². The van der Waals surface area contributed by atoms with Gasteiger partial charge in [-0.1, -0.05) is 53.5 Å². The van der Waals surface area contributed by atoms with E-state index in [2.05, 4.69) is 5.32 Å². The molecule has 4 nitrogen and oxygen atoms in total. The molecule has 1 heterocycles. The smallest absolute Gasteiger partial charge is 0.303 e. The van der Waals surface area contributed by atoms with E-state index < -0.39 is 6.03 Å². The van der Waals surface area contributed by atoms with Gasteiger partial charge in [0.25, 0.3) is 5.91 Å². The number of nitrogens with one attached hydrogen (secondary N) is 1. The zero-order valence-corrected chi connectivity index (χ0v) is 13.4. The second kappa shape index (κ2) is 6.44. The van der Waals surface area contributed by atoms with Gasteiger partial charge < -0.3 is 5.32 Å². The number of amides is 3. The van der Waals surface area contributed by atoms with Crippen molar-refractivity contribution in [2.45, 2.75) is 6.54 Å². The van der Waals surface area contributed by atoms with E-state index in [1.165, 1.54) is 0 Å². The first-order chi connectivity index (χ1) is 11.0. The van der Waals surface area contributed by atoms with Gasteiger partial charge in [-0.05, 0) is 35.4 Å². The minimum atomic E-state index is -0.455. The summed E-state index contributed by atoms with van der Waals surface area (Å²) in [6, 6.07) is 13.6. The first-order valence-corrected chi connectivity index (χ1v) is 7.64. The number of benzene rings is 2. The van der Waals surface area contributed by atoms with E-state index in [1.54, 1.807) is 48.5 Å². The quantitative estimate of drug-likeness (QED) is 0.672. The molecule has 23 heavy (non-hydrogen) atoms. The average Bonchev–Trinajstić information content (AvgIpc) is 2.79. The molecule has 0 aromatic heterocycles. The lowest BCUT2D eigenvalue weighted by molar-refractivity contribution is -0.123. The largest absolute Gasteiger partial charge is 0.329 e. The molecule has 0 atom stereocenters. The Morgan fingerprint density at radius 2 is 1.70 bits per heavy atom.